The van der Waals surface area contributed by atoms with Gasteiger partial charge < -0.3 is 14.8 Å². The van der Waals surface area contributed by atoms with Crippen LogP contribution in [0, 0.1) is 11.3 Å². The zero-order chi connectivity index (χ0) is 24.8. The van der Waals surface area contributed by atoms with Crippen LogP contribution in [0.5, 0.6) is 11.5 Å². The number of fused-ring (bicyclic) bond motifs is 1. The summed E-state index contributed by atoms with van der Waals surface area (Å²) in [5.74, 6) is 0.654. The lowest BCUT2D eigenvalue weighted by Crippen LogP contribution is -2.13. The van der Waals surface area contributed by atoms with Crippen LogP contribution in [0.1, 0.15) is 11.1 Å². The standard InChI is InChI=1S/C28H20Cl2N2O3/c1-34-27-13-7-18-4-2-3-5-24(18)25(27)14-20(16-31)28(33)32-22-9-11-23(12-10-22)35-17-19-6-8-21(29)15-26(19)30/h2-15H,17H2,1H3,(H,32,33)/b20-14+. The van der Waals surface area contributed by atoms with Crippen LogP contribution in [0.2, 0.25) is 10.0 Å². The SMILES string of the molecule is COc1ccc2ccccc2c1/C=C(\C#N)C(=O)Nc1ccc(OCc2ccc(Cl)cc2Cl)cc1. The van der Waals surface area contributed by atoms with Gasteiger partial charge in [0.05, 0.1) is 7.11 Å². The molecular weight excluding hydrogens is 483 g/mol. The fourth-order valence-electron chi connectivity index (χ4n) is 3.53. The Kier molecular flexibility index (Phi) is 7.57. The van der Waals surface area contributed by atoms with Gasteiger partial charge in [-0.1, -0.05) is 59.6 Å². The van der Waals surface area contributed by atoms with E-state index in [-0.39, 0.29) is 12.2 Å². The highest BCUT2D eigenvalue weighted by Gasteiger charge is 2.13. The Morgan fingerprint density at radius 2 is 1.80 bits per heavy atom. The number of carbonyl (C=O) groups excluding carboxylic acids is 1. The summed E-state index contributed by atoms with van der Waals surface area (Å²) < 4.78 is 11.2. The van der Waals surface area contributed by atoms with Crippen molar-refractivity contribution in [1.82, 2.24) is 0 Å². The van der Waals surface area contributed by atoms with Crippen molar-refractivity contribution in [2.45, 2.75) is 6.61 Å². The molecule has 0 aliphatic carbocycles. The molecule has 0 radical (unpaired) electrons. The van der Waals surface area contributed by atoms with Crippen LogP contribution in [0.15, 0.2) is 84.4 Å². The van der Waals surface area contributed by atoms with Gasteiger partial charge in [-0.25, -0.2) is 0 Å². The van der Waals surface area contributed by atoms with E-state index in [1.54, 1.807) is 55.7 Å². The average Bonchev–Trinajstić information content (AvgIpc) is 2.87. The number of nitriles is 1. The minimum atomic E-state index is -0.524. The monoisotopic (exact) mass is 502 g/mol. The molecule has 0 aromatic heterocycles. The second kappa shape index (κ2) is 11.0. The van der Waals surface area contributed by atoms with Crippen LogP contribution >= 0.6 is 23.2 Å². The zero-order valence-corrected chi connectivity index (χ0v) is 20.2. The molecule has 0 saturated heterocycles. The van der Waals surface area contributed by atoms with Gasteiger partial charge in [0, 0.05) is 26.9 Å². The highest BCUT2D eigenvalue weighted by atomic mass is 35.5. The number of hydrogen-bond acceptors (Lipinski definition) is 4. The van der Waals surface area contributed by atoms with Gasteiger partial charge in [-0.05, 0) is 59.3 Å². The van der Waals surface area contributed by atoms with E-state index in [1.165, 1.54) is 0 Å². The maximum Gasteiger partial charge on any atom is 0.266 e. The first-order chi connectivity index (χ1) is 17.0. The van der Waals surface area contributed by atoms with E-state index >= 15 is 0 Å². The lowest BCUT2D eigenvalue weighted by molar-refractivity contribution is -0.112. The smallest absolute Gasteiger partial charge is 0.266 e. The maximum absolute atomic E-state index is 12.8. The maximum atomic E-state index is 12.8. The Morgan fingerprint density at radius 1 is 1.03 bits per heavy atom. The molecular formula is C28H20Cl2N2O3. The number of nitrogens with one attached hydrogen (secondary N) is 1. The van der Waals surface area contributed by atoms with Gasteiger partial charge in [0.2, 0.25) is 0 Å². The van der Waals surface area contributed by atoms with E-state index in [4.69, 9.17) is 32.7 Å². The molecule has 35 heavy (non-hydrogen) atoms. The average molecular weight is 503 g/mol. The Hall–Kier alpha value is -3.98. The molecule has 4 aromatic rings. The number of hydrogen-bond donors (Lipinski definition) is 1. The van der Waals surface area contributed by atoms with Crippen molar-refractivity contribution >= 4 is 51.6 Å². The Balaban J connectivity index is 1.49. The Morgan fingerprint density at radius 3 is 2.51 bits per heavy atom. The molecule has 1 amide bonds. The molecule has 1 N–H and O–H groups in total. The predicted molar refractivity (Wildman–Crippen MR) is 140 cm³/mol. The first kappa shape index (κ1) is 24.2. The van der Waals surface area contributed by atoms with E-state index in [0.29, 0.717) is 32.8 Å². The third-order valence-electron chi connectivity index (χ3n) is 5.33. The number of nitrogens with zero attached hydrogens (tertiary/aromatic N) is 1. The van der Waals surface area contributed by atoms with Gasteiger partial charge in [-0.15, -0.1) is 0 Å². The number of rotatable bonds is 7. The lowest BCUT2D eigenvalue weighted by Gasteiger charge is -2.11. The van der Waals surface area contributed by atoms with Gasteiger partial charge in [0.25, 0.3) is 5.91 Å². The molecule has 4 rings (SSSR count). The normalized spacial score (nSPS) is 11.1. The summed E-state index contributed by atoms with van der Waals surface area (Å²) in [7, 11) is 1.55. The van der Waals surface area contributed by atoms with Gasteiger partial charge in [0.1, 0.15) is 29.7 Å². The minimum Gasteiger partial charge on any atom is -0.496 e. The summed E-state index contributed by atoms with van der Waals surface area (Å²) in [4.78, 5) is 12.8. The molecule has 7 heteroatoms. The van der Waals surface area contributed by atoms with Gasteiger partial charge in [0.15, 0.2) is 0 Å². The van der Waals surface area contributed by atoms with Crippen LogP contribution in [-0.4, -0.2) is 13.0 Å². The van der Waals surface area contributed by atoms with Gasteiger partial charge in [-0.2, -0.15) is 5.26 Å². The van der Waals surface area contributed by atoms with Crippen molar-refractivity contribution < 1.29 is 14.3 Å². The molecule has 0 aliphatic heterocycles. The molecule has 0 saturated carbocycles. The highest BCUT2D eigenvalue weighted by Crippen LogP contribution is 2.30. The number of ether oxygens (including phenoxy) is 2. The number of amides is 1. The molecule has 174 valence electrons. The molecule has 0 fully saturated rings. The number of benzene rings is 4. The first-order valence-electron chi connectivity index (χ1n) is 10.6. The molecule has 0 spiro atoms. The van der Waals surface area contributed by atoms with Gasteiger partial charge >= 0.3 is 0 Å². The number of carbonyl (C=O) groups is 1. The van der Waals surface area contributed by atoms with Crippen LogP contribution in [0.4, 0.5) is 5.69 Å². The number of methoxy groups -OCH3 is 1. The lowest BCUT2D eigenvalue weighted by atomic mass is 10.0. The molecule has 0 bridgehead atoms. The van der Waals surface area contributed by atoms with E-state index in [1.807, 2.05) is 42.5 Å². The van der Waals surface area contributed by atoms with E-state index in [0.717, 1.165) is 16.3 Å². The number of halogens is 2. The number of anilines is 1. The van der Waals surface area contributed by atoms with E-state index in [2.05, 4.69) is 5.32 Å². The third-order valence-corrected chi connectivity index (χ3v) is 5.91. The van der Waals surface area contributed by atoms with Crippen molar-refractivity contribution in [3.05, 3.63) is 106 Å². The summed E-state index contributed by atoms with van der Waals surface area (Å²) in [5.41, 5.74) is 1.96. The van der Waals surface area contributed by atoms with Crippen LogP contribution in [-0.2, 0) is 11.4 Å². The molecule has 0 unspecified atom stereocenters. The van der Waals surface area contributed by atoms with Crippen LogP contribution in [0.25, 0.3) is 16.8 Å². The summed E-state index contributed by atoms with van der Waals surface area (Å²) in [6, 6.07) is 25.5. The highest BCUT2D eigenvalue weighted by molar-refractivity contribution is 6.35. The van der Waals surface area contributed by atoms with Crippen molar-refractivity contribution in [3.63, 3.8) is 0 Å². The second-order valence-corrected chi connectivity index (χ2v) is 8.42. The molecule has 0 atom stereocenters. The van der Waals surface area contributed by atoms with Crippen molar-refractivity contribution in [3.8, 4) is 17.6 Å². The molecule has 5 nitrogen and oxygen atoms in total. The summed E-state index contributed by atoms with van der Waals surface area (Å²) in [6.45, 7) is 0.274. The molecule has 4 aromatic carbocycles. The quantitative estimate of drug-likeness (QED) is 0.213. The summed E-state index contributed by atoms with van der Waals surface area (Å²) in [6.07, 6.45) is 1.55. The zero-order valence-electron chi connectivity index (χ0n) is 18.7. The molecule has 0 heterocycles. The van der Waals surface area contributed by atoms with Crippen molar-refractivity contribution in [1.29, 1.82) is 5.26 Å². The van der Waals surface area contributed by atoms with E-state index < -0.39 is 5.91 Å². The van der Waals surface area contributed by atoms with Gasteiger partial charge in [-0.3, -0.25) is 4.79 Å². The largest absolute Gasteiger partial charge is 0.496 e. The first-order valence-corrected chi connectivity index (χ1v) is 11.4. The Bertz CT molecular complexity index is 1460. The van der Waals surface area contributed by atoms with Crippen molar-refractivity contribution in [2.75, 3.05) is 12.4 Å². The topological polar surface area (TPSA) is 71.3 Å². The summed E-state index contributed by atoms with van der Waals surface area (Å²) >= 11 is 12.1. The fourth-order valence-corrected chi connectivity index (χ4v) is 3.99. The summed E-state index contributed by atoms with van der Waals surface area (Å²) in [5, 5.41) is 15.4. The fraction of sp³-hybridized carbons (Fsp3) is 0.0714. The van der Waals surface area contributed by atoms with Crippen molar-refractivity contribution in [2.24, 2.45) is 0 Å². The van der Waals surface area contributed by atoms with E-state index in [9.17, 15) is 10.1 Å². The van der Waals surface area contributed by atoms with Crippen LogP contribution in [0.3, 0.4) is 0 Å². The predicted octanol–water partition coefficient (Wildman–Crippen LogP) is 7.28. The third kappa shape index (κ3) is 5.75. The Labute approximate surface area is 213 Å². The molecule has 0 aliphatic rings. The van der Waals surface area contributed by atoms with Crippen LogP contribution < -0.4 is 14.8 Å². The minimum absolute atomic E-state index is 0.0441. The second-order valence-electron chi connectivity index (χ2n) is 7.58.